The van der Waals surface area contributed by atoms with Crippen molar-refractivity contribution in [3.63, 3.8) is 0 Å². The number of piperidine rings is 1. The Kier molecular flexibility index (Phi) is 4.69. The van der Waals surface area contributed by atoms with Crippen LogP contribution in [0.5, 0.6) is 0 Å². The van der Waals surface area contributed by atoms with Gasteiger partial charge in [0.15, 0.2) is 0 Å². The lowest BCUT2D eigenvalue weighted by molar-refractivity contribution is -0.133. The van der Waals surface area contributed by atoms with Crippen LogP contribution >= 0.6 is 0 Å². The third-order valence-electron chi connectivity index (χ3n) is 4.91. The Labute approximate surface area is 138 Å². The van der Waals surface area contributed by atoms with Gasteiger partial charge in [0.2, 0.25) is 5.91 Å². The topological polar surface area (TPSA) is 49.4 Å². The van der Waals surface area contributed by atoms with Crippen molar-refractivity contribution in [2.45, 2.75) is 51.5 Å². The molecule has 0 spiro atoms. The molecule has 23 heavy (non-hydrogen) atoms. The second kappa shape index (κ2) is 6.73. The Bertz CT molecular complexity index is 568. The van der Waals surface area contributed by atoms with E-state index in [9.17, 15) is 9.59 Å². The van der Waals surface area contributed by atoms with Crippen LogP contribution in [0, 0.1) is 5.92 Å². The summed E-state index contributed by atoms with van der Waals surface area (Å²) in [5.74, 6) is 1.08. The Morgan fingerprint density at radius 2 is 1.65 bits per heavy atom. The standard InChI is InChI=1S/C19H26N2O2/c1-13(2)14-3-5-15(6-4-14)18(22)20-17-9-11-21(12-10-17)19(23)16-7-8-16/h3-6,13,16-17H,7-12H2,1-2H3,(H,20,22). The second-order valence-electron chi connectivity index (χ2n) is 7.12. The minimum atomic E-state index is -0.00715. The lowest BCUT2D eigenvalue weighted by atomic mass is 10.0. The molecule has 0 unspecified atom stereocenters. The first-order valence-electron chi connectivity index (χ1n) is 8.74. The molecule has 1 aliphatic heterocycles. The van der Waals surface area contributed by atoms with Crippen molar-refractivity contribution in [3.05, 3.63) is 35.4 Å². The summed E-state index contributed by atoms with van der Waals surface area (Å²) in [6.07, 6.45) is 3.83. The van der Waals surface area contributed by atoms with Gasteiger partial charge in [0.25, 0.3) is 5.91 Å². The molecule has 0 bridgehead atoms. The number of nitrogens with one attached hydrogen (secondary N) is 1. The van der Waals surface area contributed by atoms with Crippen molar-refractivity contribution < 1.29 is 9.59 Å². The van der Waals surface area contributed by atoms with E-state index in [1.807, 2.05) is 29.2 Å². The lowest BCUT2D eigenvalue weighted by Crippen LogP contribution is -2.47. The smallest absolute Gasteiger partial charge is 0.251 e. The zero-order valence-corrected chi connectivity index (χ0v) is 14.0. The maximum atomic E-state index is 12.3. The van der Waals surface area contributed by atoms with E-state index in [0.29, 0.717) is 23.3 Å². The van der Waals surface area contributed by atoms with Gasteiger partial charge >= 0.3 is 0 Å². The van der Waals surface area contributed by atoms with Gasteiger partial charge in [-0.15, -0.1) is 0 Å². The molecule has 2 aliphatic rings. The predicted octanol–water partition coefficient (Wildman–Crippen LogP) is 2.94. The van der Waals surface area contributed by atoms with Gasteiger partial charge in [0.1, 0.15) is 0 Å². The van der Waals surface area contributed by atoms with Gasteiger partial charge in [-0.25, -0.2) is 0 Å². The first-order valence-corrected chi connectivity index (χ1v) is 8.74. The molecule has 4 nitrogen and oxygen atoms in total. The molecule has 4 heteroatoms. The number of carbonyl (C=O) groups excluding carboxylic acids is 2. The highest BCUT2D eigenvalue weighted by Gasteiger charge is 2.35. The lowest BCUT2D eigenvalue weighted by Gasteiger charge is -2.32. The maximum Gasteiger partial charge on any atom is 0.251 e. The van der Waals surface area contributed by atoms with Crippen molar-refractivity contribution in [3.8, 4) is 0 Å². The highest BCUT2D eigenvalue weighted by Crippen LogP contribution is 2.31. The van der Waals surface area contributed by atoms with Gasteiger partial charge in [-0.2, -0.15) is 0 Å². The Hall–Kier alpha value is -1.84. The molecule has 1 N–H and O–H groups in total. The summed E-state index contributed by atoms with van der Waals surface area (Å²) >= 11 is 0. The zero-order chi connectivity index (χ0) is 16.4. The van der Waals surface area contributed by atoms with E-state index in [2.05, 4.69) is 19.2 Å². The number of benzene rings is 1. The molecule has 1 aromatic rings. The normalized spacial score (nSPS) is 19.0. The Morgan fingerprint density at radius 1 is 1.04 bits per heavy atom. The SMILES string of the molecule is CC(C)c1ccc(C(=O)NC2CCN(C(=O)C3CC3)CC2)cc1. The van der Waals surface area contributed by atoms with E-state index >= 15 is 0 Å². The number of hydrogen-bond donors (Lipinski definition) is 1. The highest BCUT2D eigenvalue weighted by molar-refractivity contribution is 5.94. The van der Waals surface area contributed by atoms with E-state index < -0.39 is 0 Å². The Balaban J connectivity index is 1.49. The number of nitrogens with zero attached hydrogens (tertiary/aromatic N) is 1. The fraction of sp³-hybridized carbons (Fsp3) is 0.579. The van der Waals surface area contributed by atoms with Crippen LogP contribution in [0.2, 0.25) is 0 Å². The number of hydrogen-bond acceptors (Lipinski definition) is 2. The average molecular weight is 314 g/mol. The molecular weight excluding hydrogens is 288 g/mol. The van der Waals surface area contributed by atoms with Crippen LogP contribution in [-0.4, -0.2) is 35.8 Å². The summed E-state index contributed by atoms with van der Waals surface area (Å²) in [7, 11) is 0. The van der Waals surface area contributed by atoms with Crippen LogP contribution in [0.25, 0.3) is 0 Å². The van der Waals surface area contributed by atoms with Crippen LogP contribution in [0.15, 0.2) is 24.3 Å². The Morgan fingerprint density at radius 3 is 2.17 bits per heavy atom. The third-order valence-corrected chi connectivity index (χ3v) is 4.91. The van der Waals surface area contributed by atoms with Gasteiger partial charge in [-0.1, -0.05) is 26.0 Å². The second-order valence-corrected chi connectivity index (χ2v) is 7.12. The van der Waals surface area contributed by atoms with Crippen molar-refractivity contribution in [2.75, 3.05) is 13.1 Å². The van der Waals surface area contributed by atoms with Gasteiger partial charge in [0.05, 0.1) is 0 Å². The molecule has 1 saturated carbocycles. The van der Waals surface area contributed by atoms with E-state index in [1.165, 1.54) is 5.56 Å². The van der Waals surface area contributed by atoms with Crippen molar-refractivity contribution in [1.82, 2.24) is 10.2 Å². The first-order chi connectivity index (χ1) is 11.0. The maximum absolute atomic E-state index is 12.3. The molecule has 1 aromatic carbocycles. The minimum Gasteiger partial charge on any atom is -0.349 e. The summed E-state index contributed by atoms with van der Waals surface area (Å²) in [6.45, 7) is 5.83. The van der Waals surface area contributed by atoms with Gasteiger partial charge in [0, 0.05) is 30.6 Å². The highest BCUT2D eigenvalue weighted by atomic mass is 16.2. The predicted molar refractivity (Wildman–Crippen MR) is 90.3 cm³/mol. The molecular formula is C19H26N2O2. The summed E-state index contributed by atoms with van der Waals surface area (Å²) in [4.78, 5) is 26.3. The molecule has 1 heterocycles. The van der Waals surface area contributed by atoms with Crippen LogP contribution < -0.4 is 5.32 Å². The molecule has 0 atom stereocenters. The summed E-state index contributed by atoms with van der Waals surface area (Å²) in [5, 5.41) is 3.11. The largest absolute Gasteiger partial charge is 0.349 e. The van der Waals surface area contributed by atoms with E-state index in [-0.39, 0.29) is 11.9 Å². The quantitative estimate of drug-likeness (QED) is 0.929. The van der Waals surface area contributed by atoms with E-state index in [1.54, 1.807) is 0 Å². The van der Waals surface area contributed by atoms with Crippen LogP contribution in [-0.2, 0) is 4.79 Å². The monoisotopic (exact) mass is 314 g/mol. The van der Waals surface area contributed by atoms with Crippen molar-refractivity contribution in [2.24, 2.45) is 5.92 Å². The zero-order valence-electron chi connectivity index (χ0n) is 14.0. The number of carbonyl (C=O) groups is 2. The van der Waals surface area contributed by atoms with E-state index in [0.717, 1.165) is 38.8 Å². The first kappa shape index (κ1) is 16.0. The molecule has 2 amide bonds. The number of amides is 2. The average Bonchev–Trinajstić information content (AvgIpc) is 3.40. The van der Waals surface area contributed by atoms with Gasteiger partial charge in [-0.3, -0.25) is 9.59 Å². The van der Waals surface area contributed by atoms with Crippen LogP contribution in [0.4, 0.5) is 0 Å². The van der Waals surface area contributed by atoms with Gasteiger partial charge < -0.3 is 10.2 Å². The number of likely N-dealkylation sites (tertiary alicyclic amines) is 1. The van der Waals surface area contributed by atoms with Crippen molar-refractivity contribution >= 4 is 11.8 Å². The van der Waals surface area contributed by atoms with E-state index in [4.69, 9.17) is 0 Å². The van der Waals surface area contributed by atoms with Gasteiger partial charge in [-0.05, 0) is 49.3 Å². The minimum absolute atomic E-state index is 0.00715. The third kappa shape index (κ3) is 3.92. The molecule has 0 aromatic heterocycles. The molecule has 124 valence electrons. The molecule has 0 radical (unpaired) electrons. The van der Waals surface area contributed by atoms with Crippen LogP contribution in [0.3, 0.4) is 0 Å². The fourth-order valence-corrected chi connectivity index (χ4v) is 3.12. The van der Waals surface area contributed by atoms with Crippen molar-refractivity contribution in [1.29, 1.82) is 0 Å². The molecule has 2 fully saturated rings. The molecule has 1 saturated heterocycles. The summed E-state index contributed by atoms with van der Waals surface area (Å²) in [6, 6.07) is 8.02. The summed E-state index contributed by atoms with van der Waals surface area (Å²) < 4.78 is 0. The molecule has 1 aliphatic carbocycles. The summed E-state index contributed by atoms with van der Waals surface area (Å²) in [5.41, 5.74) is 1.96. The van der Waals surface area contributed by atoms with Crippen LogP contribution in [0.1, 0.15) is 61.4 Å². The number of rotatable bonds is 4. The fourth-order valence-electron chi connectivity index (χ4n) is 3.12. The molecule has 3 rings (SSSR count).